The lowest BCUT2D eigenvalue weighted by Gasteiger charge is -1.93. The summed E-state index contributed by atoms with van der Waals surface area (Å²) in [6.07, 6.45) is 5.03. The highest BCUT2D eigenvalue weighted by Gasteiger charge is 2.23. The molecular formula is C11H8N4O2. The molecule has 1 aliphatic heterocycles. The Morgan fingerprint density at radius 2 is 2.12 bits per heavy atom. The Bertz CT molecular complexity index is 656. The molecule has 17 heavy (non-hydrogen) atoms. The highest BCUT2D eigenvalue weighted by molar-refractivity contribution is 6.14. The van der Waals surface area contributed by atoms with E-state index in [1.807, 2.05) is 12.1 Å². The van der Waals surface area contributed by atoms with E-state index < -0.39 is 11.9 Å². The van der Waals surface area contributed by atoms with Crippen molar-refractivity contribution >= 4 is 29.0 Å². The second-order valence-electron chi connectivity index (χ2n) is 3.61. The predicted octanol–water partition coefficient (Wildman–Crippen LogP) is 0.743. The zero-order valence-corrected chi connectivity index (χ0v) is 8.65. The van der Waals surface area contributed by atoms with Crippen LogP contribution in [0.1, 0.15) is 5.56 Å². The summed E-state index contributed by atoms with van der Waals surface area (Å²) in [7, 11) is 0. The van der Waals surface area contributed by atoms with E-state index in [0.29, 0.717) is 0 Å². The molecule has 6 heteroatoms. The summed E-state index contributed by atoms with van der Waals surface area (Å²) in [6, 6.07) is 3.20. The summed E-state index contributed by atoms with van der Waals surface area (Å²) in [5.74, 6) is -0.423. The van der Waals surface area contributed by atoms with Gasteiger partial charge in [0, 0.05) is 23.3 Å². The number of hydrogen-bond donors (Lipinski definition) is 3. The lowest BCUT2D eigenvalue weighted by molar-refractivity contribution is -0.115. The molecule has 0 bridgehead atoms. The van der Waals surface area contributed by atoms with Crippen LogP contribution in [0, 0.1) is 0 Å². The van der Waals surface area contributed by atoms with Crippen LogP contribution in [0.4, 0.5) is 4.79 Å². The fourth-order valence-electron chi connectivity index (χ4n) is 1.73. The van der Waals surface area contributed by atoms with Crippen LogP contribution in [-0.2, 0) is 4.79 Å². The molecule has 84 valence electrons. The van der Waals surface area contributed by atoms with Crippen molar-refractivity contribution in [2.75, 3.05) is 0 Å². The first-order chi connectivity index (χ1) is 8.24. The Kier molecular flexibility index (Phi) is 1.94. The van der Waals surface area contributed by atoms with Crippen molar-refractivity contribution in [1.82, 2.24) is 20.6 Å². The van der Waals surface area contributed by atoms with E-state index in [4.69, 9.17) is 0 Å². The third-order valence-electron chi connectivity index (χ3n) is 2.50. The molecule has 3 rings (SSSR count). The summed E-state index contributed by atoms with van der Waals surface area (Å²) in [5, 5.41) is 5.48. The highest BCUT2D eigenvalue weighted by Crippen LogP contribution is 2.18. The van der Waals surface area contributed by atoms with Crippen LogP contribution in [-0.4, -0.2) is 21.9 Å². The molecule has 3 amide bonds. The summed E-state index contributed by atoms with van der Waals surface area (Å²) in [6.45, 7) is 0. The normalized spacial score (nSPS) is 17.5. The van der Waals surface area contributed by atoms with Crippen molar-refractivity contribution in [3.63, 3.8) is 0 Å². The van der Waals surface area contributed by atoms with Gasteiger partial charge in [0.15, 0.2) is 0 Å². The fraction of sp³-hybridized carbons (Fsp3) is 0. The van der Waals surface area contributed by atoms with E-state index in [1.54, 1.807) is 18.5 Å². The second-order valence-corrected chi connectivity index (χ2v) is 3.61. The molecule has 0 aromatic carbocycles. The molecule has 3 heterocycles. The maximum Gasteiger partial charge on any atom is 0.326 e. The monoisotopic (exact) mass is 228 g/mol. The van der Waals surface area contributed by atoms with Crippen molar-refractivity contribution < 1.29 is 9.59 Å². The average molecular weight is 228 g/mol. The van der Waals surface area contributed by atoms with Crippen molar-refractivity contribution in [2.45, 2.75) is 0 Å². The predicted molar refractivity (Wildman–Crippen MR) is 60.7 cm³/mol. The van der Waals surface area contributed by atoms with Crippen LogP contribution in [0.15, 0.2) is 30.2 Å². The van der Waals surface area contributed by atoms with Crippen molar-refractivity contribution in [3.05, 3.63) is 35.8 Å². The molecule has 6 nitrogen and oxygen atoms in total. The maximum absolute atomic E-state index is 11.4. The number of aromatic nitrogens is 2. The van der Waals surface area contributed by atoms with Crippen LogP contribution >= 0.6 is 0 Å². The minimum atomic E-state index is -0.501. The first-order valence-electron chi connectivity index (χ1n) is 5.00. The number of aromatic amines is 1. The largest absolute Gasteiger partial charge is 0.346 e. The van der Waals surface area contributed by atoms with Gasteiger partial charge in [-0.05, 0) is 18.2 Å². The molecule has 2 aromatic rings. The number of amides is 3. The number of nitrogens with zero attached hydrogens (tertiary/aromatic N) is 1. The number of pyridine rings is 1. The van der Waals surface area contributed by atoms with Gasteiger partial charge < -0.3 is 10.3 Å². The van der Waals surface area contributed by atoms with E-state index in [0.717, 1.165) is 16.6 Å². The van der Waals surface area contributed by atoms with Crippen LogP contribution in [0.3, 0.4) is 0 Å². The van der Waals surface area contributed by atoms with Crippen LogP contribution in [0.2, 0.25) is 0 Å². The van der Waals surface area contributed by atoms with Crippen molar-refractivity contribution in [1.29, 1.82) is 0 Å². The van der Waals surface area contributed by atoms with Gasteiger partial charge >= 0.3 is 6.03 Å². The third-order valence-corrected chi connectivity index (χ3v) is 2.50. The molecular weight excluding hydrogens is 220 g/mol. The zero-order chi connectivity index (χ0) is 11.8. The van der Waals surface area contributed by atoms with Crippen LogP contribution in [0.25, 0.3) is 17.1 Å². The summed E-state index contributed by atoms with van der Waals surface area (Å²) < 4.78 is 0. The molecule has 0 unspecified atom stereocenters. The summed E-state index contributed by atoms with van der Waals surface area (Å²) in [5.41, 5.74) is 1.78. The van der Waals surface area contributed by atoms with Gasteiger partial charge in [0.1, 0.15) is 11.3 Å². The van der Waals surface area contributed by atoms with Gasteiger partial charge in [0.25, 0.3) is 5.91 Å². The smallest absolute Gasteiger partial charge is 0.326 e. The Hall–Kier alpha value is -2.63. The highest BCUT2D eigenvalue weighted by atomic mass is 16.2. The van der Waals surface area contributed by atoms with E-state index in [2.05, 4.69) is 20.6 Å². The standard InChI is InChI=1S/C11H8N4O2/c16-10-8(14-11(17)15-10)4-6-5-13-9-7(6)2-1-3-12-9/h1-5H,(H,12,13)(H2,14,15,16,17)/b8-4-. The quantitative estimate of drug-likeness (QED) is 0.497. The SMILES string of the molecule is O=C1NC(=O)/C(=C/c2c[nH]c3ncccc23)N1. The Balaban J connectivity index is 2.08. The molecule has 0 radical (unpaired) electrons. The topological polar surface area (TPSA) is 86.9 Å². The molecule has 0 atom stereocenters. The molecule has 0 spiro atoms. The Morgan fingerprint density at radius 1 is 1.24 bits per heavy atom. The molecule has 1 fully saturated rings. The van der Waals surface area contributed by atoms with Gasteiger partial charge in [-0.25, -0.2) is 9.78 Å². The minimum Gasteiger partial charge on any atom is -0.346 e. The van der Waals surface area contributed by atoms with Gasteiger partial charge in [-0.2, -0.15) is 0 Å². The molecule has 0 aliphatic carbocycles. The third kappa shape index (κ3) is 1.55. The molecule has 1 aliphatic rings. The first kappa shape index (κ1) is 9.59. The molecule has 2 aromatic heterocycles. The lowest BCUT2D eigenvalue weighted by Crippen LogP contribution is -2.22. The molecule has 0 saturated carbocycles. The average Bonchev–Trinajstić information content (AvgIpc) is 2.85. The lowest BCUT2D eigenvalue weighted by atomic mass is 10.2. The number of fused-ring (bicyclic) bond motifs is 1. The van der Waals surface area contributed by atoms with Crippen molar-refractivity contribution in [3.8, 4) is 0 Å². The fourth-order valence-corrected chi connectivity index (χ4v) is 1.73. The first-order valence-corrected chi connectivity index (χ1v) is 5.00. The van der Waals surface area contributed by atoms with Crippen molar-refractivity contribution in [2.24, 2.45) is 0 Å². The van der Waals surface area contributed by atoms with E-state index >= 15 is 0 Å². The maximum atomic E-state index is 11.4. The van der Waals surface area contributed by atoms with E-state index in [1.165, 1.54) is 0 Å². The van der Waals surface area contributed by atoms with Gasteiger partial charge in [-0.1, -0.05) is 0 Å². The molecule has 3 N–H and O–H groups in total. The Labute approximate surface area is 95.7 Å². The number of urea groups is 1. The van der Waals surface area contributed by atoms with Gasteiger partial charge in [0.05, 0.1) is 0 Å². The number of nitrogens with one attached hydrogen (secondary N) is 3. The number of imide groups is 1. The van der Waals surface area contributed by atoms with Gasteiger partial charge in [-0.15, -0.1) is 0 Å². The van der Waals surface area contributed by atoms with E-state index in [9.17, 15) is 9.59 Å². The molecule has 1 saturated heterocycles. The number of hydrogen-bond acceptors (Lipinski definition) is 3. The Morgan fingerprint density at radius 3 is 2.88 bits per heavy atom. The van der Waals surface area contributed by atoms with Gasteiger partial charge in [-0.3, -0.25) is 10.1 Å². The summed E-state index contributed by atoms with van der Waals surface area (Å²) in [4.78, 5) is 29.4. The number of carbonyl (C=O) groups excluding carboxylic acids is 2. The van der Waals surface area contributed by atoms with E-state index in [-0.39, 0.29) is 5.70 Å². The second kappa shape index (κ2) is 3.44. The zero-order valence-electron chi connectivity index (χ0n) is 8.65. The van der Waals surface area contributed by atoms with Crippen LogP contribution < -0.4 is 10.6 Å². The van der Waals surface area contributed by atoms with Crippen LogP contribution in [0.5, 0.6) is 0 Å². The minimum absolute atomic E-state index is 0.236. The summed E-state index contributed by atoms with van der Waals surface area (Å²) >= 11 is 0. The van der Waals surface area contributed by atoms with Gasteiger partial charge in [0.2, 0.25) is 0 Å². The number of H-pyrrole nitrogens is 1. The number of carbonyl (C=O) groups is 2. The number of rotatable bonds is 1.